The van der Waals surface area contributed by atoms with Crippen molar-refractivity contribution >= 4 is 44.0 Å². The Hall–Kier alpha value is 0.930. The van der Waals surface area contributed by atoms with Gasteiger partial charge in [0.1, 0.15) is 0 Å². The van der Waals surface area contributed by atoms with Crippen molar-refractivity contribution in [3.63, 3.8) is 0 Å². The second kappa shape index (κ2) is 3.76. The van der Waals surface area contributed by atoms with Gasteiger partial charge in [-0.15, -0.1) is 0 Å². The summed E-state index contributed by atoms with van der Waals surface area (Å²) in [5.74, 6) is -0.0651. The summed E-state index contributed by atoms with van der Waals surface area (Å²) in [6.45, 7) is 2.85. The predicted octanol–water partition coefficient (Wildman–Crippen LogP) is 1.13. The van der Waals surface area contributed by atoms with Crippen molar-refractivity contribution in [1.82, 2.24) is 0 Å². The van der Waals surface area contributed by atoms with Crippen LogP contribution in [0.5, 0.6) is 0 Å². The minimum atomic E-state index is -3.39. The van der Waals surface area contributed by atoms with E-state index in [0.29, 0.717) is 0 Å². The third-order valence-electron chi connectivity index (χ3n) is 1.28. The fourth-order valence-corrected chi connectivity index (χ4v) is 2.62. The summed E-state index contributed by atoms with van der Waals surface area (Å²) in [7, 11) is -3.39. The van der Waals surface area contributed by atoms with E-state index in [4.69, 9.17) is 16.7 Å². The molecule has 0 unspecified atom stereocenters. The lowest BCUT2D eigenvalue weighted by atomic mass is 10.5. The highest BCUT2D eigenvalue weighted by molar-refractivity contribution is 14.1. The molecule has 2 atom stereocenters. The molecule has 0 aromatic heterocycles. The Morgan fingerprint density at radius 2 is 2.09 bits per heavy atom. The molecule has 0 aromatic rings. The van der Waals surface area contributed by atoms with Gasteiger partial charge in [0.15, 0.2) is 9.84 Å². The van der Waals surface area contributed by atoms with Gasteiger partial charge in [-0.2, -0.15) is 0 Å². The molecule has 0 aliphatic heterocycles. The molecule has 0 fully saturated rings. The van der Waals surface area contributed by atoms with Gasteiger partial charge in [0.2, 0.25) is 2.21 Å². The number of aliphatic hydroxyl groups is 1. The van der Waals surface area contributed by atoms with Crippen LogP contribution in [0.15, 0.2) is 0 Å². The molecule has 3 nitrogen and oxygen atoms in total. The van der Waals surface area contributed by atoms with Crippen LogP contribution >= 0.6 is 34.2 Å². The zero-order chi connectivity index (χ0) is 9.28. The second-order valence-corrected chi connectivity index (χ2v) is 8.48. The van der Waals surface area contributed by atoms with Crippen LogP contribution < -0.4 is 0 Å². The fraction of sp³-hybridized carbons (Fsp3) is 1.00. The van der Waals surface area contributed by atoms with E-state index in [2.05, 4.69) is 0 Å². The highest BCUT2D eigenvalue weighted by Gasteiger charge is 2.42. The normalized spacial score (nSPS) is 20.8. The third kappa shape index (κ3) is 2.43. The van der Waals surface area contributed by atoms with Gasteiger partial charge < -0.3 is 5.11 Å². The van der Waals surface area contributed by atoms with E-state index in [1.54, 1.807) is 0 Å². The number of hydrogen-bond donors (Lipinski definition) is 1. The summed E-state index contributed by atoms with van der Waals surface area (Å²) in [6, 6.07) is 0. The minimum Gasteiger partial charge on any atom is -0.390 e. The first-order valence-corrected chi connectivity index (χ1v) is 6.14. The summed E-state index contributed by atoms with van der Waals surface area (Å²) in [5, 5.41) is 9.03. The zero-order valence-electron chi connectivity index (χ0n) is 6.21. The molecule has 0 saturated heterocycles. The fourth-order valence-electron chi connectivity index (χ4n) is 0.452. The van der Waals surface area contributed by atoms with Crippen molar-refractivity contribution in [2.45, 2.75) is 22.2 Å². The first kappa shape index (κ1) is 11.9. The lowest BCUT2D eigenvalue weighted by Crippen LogP contribution is -2.37. The molecule has 0 heterocycles. The maximum atomic E-state index is 11.2. The molecule has 0 spiro atoms. The molecule has 0 aliphatic carbocycles. The standard InChI is InChI=1S/C5H10ClIO3S/c1-3-11(9,10)5(6,7)4(2)8/h4,8H,3H2,1-2H3/t4-,5+/m0/s1. The second-order valence-electron chi connectivity index (χ2n) is 2.14. The van der Waals surface area contributed by atoms with Crippen LogP contribution in [0.2, 0.25) is 0 Å². The van der Waals surface area contributed by atoms with Crippen LogP contribution in [0, 0.1) is 0 Å². The summed E-state index contributed by atoms with van der Waals surface area (Å²) >= 11 is 7.15. The first-order valence-electron chi connectivity index (χ1n) is 3.04. The SMILES string of the molecule is CCS(=O)(=O)[C@](Cl)(I)[C@H](C)O. The molecular weight excluding hydrogens is 302 g/mol. The molecule has 0 saturated carbocycles. The van der Waals surface area contributed by atoms with Crippen LogP contribution in [-0.4, -0.2) is 27.6 Å². The highest BCUT2D eigenvalue weighted by atomic mass is 127. The number of aliphatic hydroxyl groups excluding tert-OH is 1. The van der Waals surface area contributed by atoms with Crippen LogP contribution in [0.3, 0.4) is 0 Å². The van der Waals surface area contributed by atoms with Gasteiger partial charge in [-0.05, 0) is 29.5 Å². The van der Waals surface area contributed by atoms with Gasteiger partial charge in [0.05, 0.1) is 11.9 Å². The maximum absolute atomic E-state index is 11.2. The lowest BCUT2D eigenvalue weighted by Gasteiger charge is -2.22. The highest BCUT2D eigenvalue weighted by Crippen LogP contribution is 2.35. The number of sulfone groups is 1. The van der Waals surface area contributed by atoms with Gasteiger partial charge >= 0.3 is 0 Å². The molecule has 1 N–H and O–H groups in total. The number of rotatable bonds is 3. The number of hydrogen-bond acceptors (Lipinski definition) is 3. The van der Waals surface area contributed by atoms with Crippen molar-refractivity contribution in [2.24, 2.45) is 0 Å². The Bertz CT molecular complexity index is 222. The van der Waals surface area contributed by atoms with E-state index in [9.17, 15) is 8.42 Å². The monoisotopic (exact) mass is 312 g/mol. The topological polar surface area (TPSA) is 54.4 Å². The number of halogens is 2. The summed E-state index contributed by atoms with van der Waals surface area (Å²) < 4.78 is 20.7. The Balaban J connectivity index is 4.85. The van der Waals surface area contributed by atoms with E-state index in [1.807, 2.05) is 0 Å². The zero-order valence-corrected chi connectivity index (χ0v) is 9.94. The van der Waals surface area contributed by atoms with Gasteiger partial charge in [0, 0.05) is 0 Å². The van der Waals surface area contributed by atoms with Crippen molar-refractivity contribution in [2.75, 3.05) is 5.75 Å². The van der Waals surface area contributed by atoms with E-state index >= 15 is 0 Å². The summed E-state index contributed by atoms with van der Waals surface area (Å²) in [5.41, 5.74) is 0. The lowest BCUT2D eigenvalue weighted by molar-refractivity contribution is 0.204. The third-order valence-corrected chi connectivity index (χ3v) is 7.15. The Morgan fingerprint density at radius 3 is 2.18 bits per heavy atom. The molecule has 6 heteroatoms. The van der Waals surface area contributed by atoms with Gasteiger partial charge in [-0.3, -0.25) is 0 Å². The molecule has 0 radical (unpaired) electrons. The van der Waals surface area contributed by atoms with Crippen molar-refractivity contribution < 1.29 is 13.5 Å². The van der Waals surface area contributed by atoms with Crippen LogP contribution in [-0.2, 0) is 9.84 Å². The van der Waals surface area contributed by atoms with Crippen molar-refractivity contribution in [1.29, 1.82) is 0 Å². The molecule has 0 aliphatic rings. The van der Waals surface area contributed by atoms with Crippen molar-refractivity contribution in [3.8, 4) is 0 Å². The van der Waals surface area contributed by atoms with E-state index in [1.165, 1.54) is 36.4 Å². The molecular formula is C5H10ClIO3S. The summed E-state index contributed by atoms with van der Waals surface area (Å²) in [6.07, 6.45) is -1.07. The van der Waals surface area contributed by atoms with Crippen LogP contribution in [0.1, 0.15) is 13.8 Å². The quantitative estimate of drug-likeness (QED) is 0.628. The average molecular weight is 313 g/mol. The van der Waals surface area contributed by atoms with Gasteiger partial charge in [-0.1, -0.05) is 18.5 Å². The Labute approximate surface area is 85.2 Å². The molecule has 0 aromatic carbocycles. The average Bonchev–Trinajstić information content (AvgIpc) is 1.87. The van der Waals surface area contributed by atoms with E-state index in [0.717, 1.165) is 0 Å². The molecule has 0 amide bonds. The molecule has 11 heavy (non-hydrogen) atoms. The van der Waals surface area contributed by atoms with E-state index < -0.39 is 18.2 Å². The minimum absolute atomic E-state index is 0.0651. The van der Waals surface area contributed by atoms with Crippen molar-refractivity contribution in [3.05, 3.63) is 0 Å². The van der Waals surface area contributed by atoms with E-state index in [-0.39, 0.29) is 5.75 Å². The molecule has 0 bridgehead atoms. The van der Waals surface area contributed by atoms with Crippen LogP contribution in [0.25, 0.3) is 0 Å². The maximum Gasteiger partial charge on any atom is 0.220 e. The molecule has 0 rings (SSSR count). The Kier molecular flexibility index (Phi) is 4.08. The smallest absolute Gasteiger partial charge is 0.220 e. The Morgan fingerprint density at radius 1 is 1.73 bits per heavy atom. The van der Waals surface area contributed by atoms with Gasteiger partial charge in [0.25, 0.3) is 0 Å². The predicted molar refractivity (Wildman–Crippen MR) is 53.7 cm³/mol. The van der Waals surface area contributed by atoms with Crippen LogP contribution in [0.4, 0.5) is 0 Å². The largest absolute Gasteiger partial charge is 0.390 e. The van der Waals surface area contributed by atoms with Gasteiger partial charge in [-0.25, -0.2) is 8.42 Å². The summed E-state index contributed by atoms with van der Waals surface area (Å²) in [4.78, 5) is 0. The molecule has 68 valence electrons. The first-order chi connectivity index (χ1) is 4.75. The number of alkyl halides is 2.